The van der Waals surface area contributed by atoms with Gasteiger partial charge >= 0.3 is 6.36 Å². The molecule has 2 N–H and O–H groups in total. The molecule has 0 aliphatic rings. The molecular formula is C9H10F3NO4S. The van der Waals surface area contributed by atoms with Crippen LogP contribution < -0.4 is 14.6 Å². The lowest BCUT2D eigenvalue weighted by molar-refractivity contribution is -0.275. The third kappa shape index (κ3) is 3.77. The summed E-state index contributed by atoms with van der Waals surface area (Å²) in [6.45, 7) is 1.44. The number of hydrogen-bond donors (Lipinski definition) is 1. The van der Waals surface area contributed by atoms with E-state index in [1.807, 2.05) is 0 Å². The van der Waals surface area contributed by atoms with Crippen LogP contribution in [0, 0.1) is 0 Å². The van der Waals surface area contributed by atoms with Gasteiger partial charge in [0, 0.05) is 0 Å². The highest BCUT2D eigenvalue weighted by molar-refractivity contribution is 7.89. The Labute approximate surface area is 101 Å². The molecule has 5 nitrogen and oxygen atoms in total. The number of alkyl halides is 3. The first kappa shape index (κ1) is 14.6. The SMILES string of the molecule is CCOc1c(OC(F)(F)F)cccc1S(N)(=O)=O. The Morgan fingerprint density at radius 1 is 1.33 bits per heavy atom. The molecule has 0 bridgehead atoms. The Hall–Kier alpha value is -1.48. The van der Waals surface area contributed by atoms with Gasteiger partial charge in [0.2, 0.25) is 10.0 Å². The van der Waals surface area contributed by atoms with Gasteiger partial charge in [-0.3, -0.25) is 0 Å². The topological polar surface area (TPSA) is 78.6 Å². The molecule has 1 aromatic rings. The van der Waals surface area contributed by atoms with Crippen molar-refractivity contribution in [1.82, 2.24) is 0 Å². The van der Waals surface area contributed by atoms with Crippen molar-refractivity contribution in [2.24, 2.45) is 5.14 Å². The second kappa shape index (κ2) is 5.02. The first-order chi connectivity index (χ1) is 8.15. The highest BCUT2D eigenvalue weighted by atomic mass is 32.2. The van der Waals surface area contributed by atoms with Crippen LogP contribution in [0.1, 0.15) is 6.92 Å². The summed E-state index contributed by atoms with van der Waals surface area (Å²) in [6.07, 6.45) is -4.96. The van der Waals surface area contributed by atoms with Gasteiger partial charge in [-0.15, -0.1) is 13.2 Å². The maximum absolute atomic E-state index is 12.1. The minimum atomic E-state index is -4.96. The summed E-state index contributed by atoms with van der Waals surface area (Å²) in [6, 6.07) is 3.04. The van der Waals surface area contributed by atoms with Crippen LogP contribution in [0.5, 0.6) is 11.5 Å². The number of hydrogen-bond acceptors (Lipinski definition) is 4. The summed E-state index contributed by atoms with van der Waals surface area (Å²) >= 11 is 0. The number of sulfonamides is 1. The fraction of sp³-hybridized carbons (Fsp3) is 0.333. The molecule has 0 aliphatic carbocycles. The zero-order valence-corrected chi connectivity index (χ0v) is 10.0. The Morgan fingerprint density at radius 2 is 1.94 bits per heavy atom. The molecule has 0 saturated heterocycles. The largest absolute Gasteiger partial charge is 0.573 e. The molecule has 0 unspecified atom stereocenters. The maximum Gasteiger partial charge on any atom is 0.573 e. The van der Waals surface area contributed by atoms with E-state index in [1.165, 1.54) is 6.92 Å². The molecule has 0 atom stereocenters. The van der Waals surface area contributed by atoms with Crippen molar-refractivity contribution in [2.45, 2.75) is 18.2 Å². The number of para-hydroxylation sites is 1. The summed E-state index contributed by atoms with van der Waals surface area (Å²) < 4.78 is 67.3. The fourth-order valence-electron chi connectivity index (χ4n) is 1.21. The molecule has 18 heavy (non-hydrogen) atoms. The van der Waals surface area contributed by atoms with E-state index < -0.39 is 32.8 Å². The summed E-state index contributed by atoms with van der Waals surface area (Å²) in [5.41, 5.74) is 0. The maximum atomic E-state index is 12.1. The van der Waals surface area contributed by atoms with E-state index in [0.29, 0.717) is 0 Å². The smallest absolute Gasteiger partial charge is 0.489 e. The van der Waals surface area contributed by atoms with Crippen LogP contribution in [0.4, 0.5) is 13.2 Å². The number of halogens is 3. The van der Waals surface area contributed by atoms with E-state index in [9.17, 15) is 21.6 Å². The molecule has 0 radical (unpaired) electrons. The second-order valence-electron chi connectivity index (χ2n) is 3.11. The Bertz CT molecular complexity index is 527. The van der Waals surface area contributed by atoms with E-state index in [1.54, 1.807) is 0 Å². The van der Waals surface area contributed by atoms with Crippen LogP contribution in [-0.4, -0.2) is 21.4 Å². The first-order valence-corrected chi connectivity index (χ1v) is 6.24. The standard InChI is InChI=1S/C9H10F3NO4S/c1-2-16-8-6(17-9(10,11)12)4-3-5-7(8)18(13,14)15/h3-5H,2H2,1H3,(H2,13,14,15). The third-order valence-electron chi connectivity index (χ3n) is 1.76. The van der Waals surface area contributed by atoms with E-state index in [2.05, 4.69) is 4.74 Å². The molecule has 0 aromatic heterocycles. The summed E-state index contributed by atoms with van der Waals surface area (Å²) in [5, 5.41) is 4.88. The van der Waals surface area contributed by atoms with Gasteiger partial charge in [-0.2, -0.15) is 0 Å². The van der Waals surface area contributed by atoms with E-state index in [0.717, 1.165) is 18.2 Å². The first-order valence-electron chi connectivity index (χ1n) is 4.69. The average Bonchev–Trinajstić information content (AvgIpc) is 2.17. The van der Waals surface area contributed by atoms with Crippen LogP contribution in [0.25, 0.3) is 0 Å². The van der Waals surface area contributed by atoms with Gasteiger partial charge in [0.1, 0.15) is 4.90 Å². The lowest BCUT2D eigenvalue weighted by atomic mass is 10.3. The van der Waals surface area contributed by atoms with Gasteiger partial charge < -0.3 is 9.47 Å². The number of primary sulfonamides is 1. The predicted octanol–water partition coefficient (Wildman–Crippen LogP) is 1.63. The minimum absolute atomic E-state index is 0.0409. The predicted molar refractivity (Wildman–Crippen MR) is 55.7 cm³/mol. The van der Waals surface area contributed by atoms with Crippen molar-refractivity contribution in [3.8, 4) is 11.5 Å². The highest BCUT2D eigenvalue weighted by Crippen LogP contribution is 2.36. The summed E-state index contributed by atoms with van der Waals surface area (Å²) in [7, 11) is -4.21. The molecule has 0 heterocycles. The molecule has 0 spiro atoms. The Morgan fingerprint density at radius 3 is 2.39 bits per heavy atom. The average molecular weight is 285 g/mol. The van der Waals surface area contributed by atoms with Crippen LogP contribution in [-0.2, 0) is 10.0 Å². The van der Waals surface area contributed by atoms with Crippen molar-refractivity contribution < 1.29 is 31.1 Å². The zero-order valence-electron chi connectivity index (χ0n) is 9.19. The lowest BCUT2D eigenvalue weighted by Crippen LogP contribution is -2.19. The van der Waals surface area contributed by atoms with E-state index >= 15 is 0 Å². The second-order valence-corrected chi connectivity index (χ2v) is 4.64. The Balaban J connectivity index is 3.35. The molecule has 0 aliphatic heterocycles. The van der Waals surface area contributed by atoms with Crippen molar-refractivity contribution in [2.75, 3.05) is 6.61 Å². The summed E-state index contributed by atoms with van der Waals surface area (Å²) in [4.78, 5) is -0.564. The van der Waals surface area contributed by atoms with Crippen molar-refractivity contribution in [3.05, 3.63) is 18.2 Å². The molecule has 102 valence electrons. The molecule has 1 aromatic carbocycles. The van der Waals surface area contributed by atoms with Crippen molar-refractivity contribution in [1.29, 1.82) is 0 Å². The van der Waals surface area contributed by atoms with E-state index in [-0.39, 0.29) is 6.61 Å². The molecular weight excluding hydrogens is 275 g/mol. The minimum Gasteiger partial charge on any atom is -0.489 e. The number of benzene rings is 1. The number of nitrogens with two attached hydrogens (primary N) is 1. The molecule has 0 fully saturated rings. The van der Waals surface area contributed by atoms with Gasteiger partial charge in [0.15, 0.2) is 11.5 Å². The normalized spacial score (nSPS) is 12.3. The third-order valence-corrected chi connectivity index (χ3v) is 2.70. The quantitative estimate of drug-likeness (QED) is 0.912. The van der Waals surface area contributed by atoms with Crippen LogP contribution in [0.3, 0.4) is 0 Å². The molecule has 1 rings (SSSR count). The monoisotopic (exact) mass is 285 g/mol. The van der Waals surface area contributed by atoms with Gasteiger partial charge in [-0.25, -0.2) is 13.6 Å². The summed E-state index contributed by atoms with van der Waals surface area (Å²) in [5.74, 6) is -1.31. The van der Waals surface area contributed by atoms with Crippen molar-refractivity contribution >= 4 is 10.0 Å². The van der Waals surface area contributed by atoms with Crippen LogP contribution >= 0.6 is 0 Å². The number of ether oxygens (including phenoxy) is 2. The van der Waals surface area contributed by atoms with Gasteiger partial charge in [-0.05, 0) is 19.1 Å². The van der Waals surface area contributed by atoms with Gasteiger partial charge in [-0.1, -0.05) is 6.07 Å². The highest BCUT2D eigenvalue weighted by Gasteiger charge is 2.33. The zero-order chi connectivity index (χ0) is 14.0. The van der Waals surface area contributed by atoms with Gasteiger partial charge in [0.25, 0.3) is 0 Å². The molecule has 0 amide bonds. The molecule has 0 saturated carbocycles. The lowest BCUT2D eigenvalue weighted by Gasteiger charge is -2.15. The van der Waals surface area contributed by atoms with Crippen molar-refractivity contribution in [3.63, 3.8) is 0 Å². The van der Waals surface area contributed by atoms with E-state index in [4.69, 9.17) is 9.88 Å². The van der Waals surface area contributed by atoms with Gasteiger partial charge in [0.05, 0.1) is 6.61 Å². The fourth-order valence-corrected chi connectivity index (χ4v) is 1.90. The Kier molecular flexibility index (Phi) is 4.07. The van der Waals surface area contributed by atoms with Crippen LogP contribution in [0.15, 0.2) is 23.1 Å². The molecule has 9 heteroatoms. The number of rotatable bonds is 4. The van der Waals surface area contributed by atoms with Crippen LogP contribution in [0.2, 0.25) is 0 Å².